The van der Waals surface area contributed by atoms with Crippen LogP contribution < -0.4 is 4.90 Å². The zero-order valence-electron chi connectivity index (χ0n) is 12.3. The molecule has 1 atom stereocenters. The number of anilines is 1. The molecule has 1 amide bonds. The van der Waals surface area contributed by atoms with Gasteiger partial charge in [0.25, 0.3) is 5.91 Å². The lowest BCUT2D eigenvalue weighted by Crippen LogP contribution is -2.28. The number of hydrogen-bond donors (Lipinski definition) is 0. The molecule has 3 rings (SSSR count). The number of rotatable bonds is 4. The Kier molecular flexibility index (Phi) is 3.87. The Balaban J connectivity index is 2.21. The zero-order valence-corrected chi connectivity index (χ0v) is 13.2. The molecule has 1 heterocycles. The second kappa shape index (κ2) is 5.69. The van der Waals surface area contributed by atoms with E-state index in [1.54, 1.807) is 30.3 Å². The Morgan fingerprint density at radius 3 is 2.18 bits per heavy atom. The van der Waals surface area contributed by atoms with Crippen LogP contribution in [0.25, 0.3) is 0 Å². The standard InChI is InChI=1S/C16H16NO4P/c1-20-22(19,21-2)16-14-11-7-6-10-13(14)15(18)17(16)12-8-4-3-5-9-12/h3-11,16H,1-2H3. The number of para-hydroxylation sites is 1. The van der Waals surface area contributed by atoms with E-state index in [0.717, 1.165) is 0 Å². The van der Waals surface area contributed by atoms with Crippen molar-refractivity contribution in [1.29, 1.82) is 0 Å². The number of hydrogen-bond acceptors (Lipinski definition) is 4. The Hall–Kier alpha value is -1.94. The van der Waals surface area contributed by atoms with Gasteiger partial charge in [-0.05, 0) is 23.8 Å². The molecule has 2 aromatic carbocycles. The van der Waals surface area contributed by atoms with Crippen LogP contribution in [-0.4, -0.2) is 20.1 Å². The topological polar surface area (TPSA) is 55.8 Å². The molecule has 0 radical (unpaired) electrons. The summed E-state index contributed by atoms with van der Waals surface area (Å²) in [5.41, 5.74) is 1.83. The lowest BCUT2D eigenvalue weighted by atomic mass is 10.1. The summed E-state index contributed by atoms with van der Waals surface area (Å²) in [5.74, 6) is -0.991. The van der Waals surface area contributed by atoms with E-state index in [1.165, 1.54) is 19.1 Å². The molecule has 1 aliphatic heterocycles. The molecule has 0 aromatic heterocycles. The third-order valence-electron chi connectivity index (χ3n) is 3.78. The van der Waals surface area contributed by atoms with Crippen LogP contribution in [0.5, 0.6) is 0 Å². The highest BCUT2D eigenvalue weighted by atomic mass is 31.2. The summed E-state index contributed by atoms with van der Waals surface area (Å²) in [5, 5.41) is 0. The molecule has 2 aromatic rings. The first-order valence-corrected chi connectivity index (χ1v) is 8.42. The predicted octanol–water partition coefficient (Wildman–Crippen LogP) is 3.83. The van der Waals surface area contributed by atoms with E-state index in [0.29, 0.717) is 16.8 Å². The van der Waals surface area contributed by atoms with Crippen molar-refractivity contribution in [3.63, 3.8) is 0 Å². The van der Waals surface area contributed by atoms with Crippen molar-refractivity contribution >= 4 is 19.2 Å². The summed E-state index contributed by atoms with van der Waals surface area (Å²) < 4.78 is 23.3. The van der Waals surface area contributed by atoms with Gasteiger partial charge < -0.3 is 9.05 Å². The Labute approximate surface area is 129 Å². The summed E-state index contributed by atoms with van der Waals surface area (Å²) in [7, 11) is -0.851. The lowest BCUT2D eigenvalue weighted by Gasteiger charge is -2.29. The Bertz CT molecular complexity index is 739. The van der Waals surface area contributed by atoms with Gasteiger partial charge in [0.1, 0.15) is 0 Å². The third-order valence-corrected chi connectivity index (χ3v) is 5.90. The second-order valence-corrected chi connectivity index (χ2v) is 7.18. The molecule has 1 unspecified atom stereocenters. The smallest absolute Gasteiger partial charge is 0.310 e. The second-order valence-electron chi connectivity index (χ2n) is 4.88. The Morgan fingerprint density at radius 1 is 0.955 bits per heavy atom. The number of fused-ring (bicyclic) bond motifs is 1. The minimum absolute atomic E-state index is 0.207. The average Bonchev–Trinajstić information content (AvgIpc) is 2.89. The average molecular weight is 317 g/mol. The van der Waals surface area contributed by atoms with Gasteiger partial charge >= 0.3 is 7.60 Å². The summed E-state index contributed by atoms with van der Waals surface area (Å²) in [4.78, 5) is 14.3. The van der Waals surface area contributed by atoms with E-state index in [4.69, 9.17) is 9.05 Å². The monoisotopic (exact) mass is 317 g/mol. The molecule has 0 aliphatic carbocycles. The minimum Gasteiger partial charge on any atom is -0.310 e. The van der Waals surface area contributed by atoms with Gasteiger partial charge in [-0.2, -0.15) is 0 Å². The van der Waals surface area contributed by atoms with E-state index in [2.05, 4.69) is 0 Å². The van der Waals surface area contributed by atoms with Crippen molar-refractivity contribution in [1.82, 2.24) is 0 Å². The van der Waals surface area contributed by atoms with Gasteiger partial charge in [-0.1, -0.05) is 36.4 Å². The number of carbonyl (C=O) groups excluding carboxylic acids is 1. The van der Waals surface area contributed by atoms with Gasteiger partial charge in [0.05, 0.1) is 0 Å². The SMILES string of the molecule is COP(=O)(OC)C1c2ccccc2C(=O)N1c1ccccc1. The van der Waals surface area contributed by atoms with E-state index in [-0.39, 0.29) is 5.91 Å². The van der Waals surface area contributed by atoms with Crippen molar-refractivity contribution in [2.75, 3.05) is 19.1 Å². The van der Waals surface area contributed by atoms with Crippen LogP contribution in [0.3, 0.4) is 0 Å². The molecule has 0 saturated carbocycles. The molecule has 0 fully saturated rings. The molecular formula is C16H16NO4P. The summed E-state index contributed by atoms with van der Waals surface area (Å²) in [6.07, 6.45) is 0. The number of benzene rings is 2. The fourth-order valence-corrected chi connectivity index (χ4v) is 4.37. The molecular weight excluding hydrogens is 301 g/mol. The number of carbonyl (C=O) groups is 1. The van der Waals surface area contributed by atoms with Crippen LogP contribution in [0.1, 0.15) is 21.7 Å². The van der Waals surface area contributed by atoms with E-state index < -0.39 is 13.4 Å². The highest BCUT2D eigenvalue weighted by molar-refractivity contribution is 7.54. The van der Waals surface area contributed by atoms with Gasteiger partial charge in [0.2, 0.25) is 0 Å². The first kappa shape index (κ1) is 15.0. The quantitative estimate of drug-likeness (QED) is 0.804. The van der Waals surface area contributed by atoms with E-state index in [9.17, 15) is 9.36 Å². The van der Waals surface area contributed by atoms with Crippen LogP contribution in [0.4, 0.5) is 5.69 Å². The normalized spacial score (nSPS) is 17.6. The molecule has 5 nitrogen and oxygen atoms in total. The zero-order chi connectivity index (χ0) is 15.7. The third kappa shape index (κ3) is 2.18. The summed E-state index contributed by atoms with van der Waals surface area (Å²) in [6, 6.07) is 16.2. The van der Waals surface area contributed by atoms with Gasteiger partial charge in [-0.3, -0.25) is 14.3 Å². The Morgan fingerprint density at radius 2 is 1.55 bits per heavy atom. The summed E-state index contributed by atoms with van der Waals surface area (Å²) in [6.45, 7) is 0. The van der Waals surface area contributed by atoms with Crippen molar-refractivity contribution in [3.05, 3.63) is 65.7 Å². The first-order chi connectivity index (χ1) is 10.6. The molecule has 0 bridgehead atoms. The van der Waals surface area contributed by atoms with Crippen molar-refractivity contribution in [2.45, 2.75) is 5.78 Å². The maximum absolute atomic E-state index is 13.0. The lowest BCUT2D eigenvalue weighted by molar-refractivity contribution is 0.0992. The maximum atomic E-state index is 13.0. The predicted molar refractivity (Wildman–Crippen MR) is 84.1 cm³/mol. The molecule has 114 valence electrons. The molecule has 6 heteroatoms. The van der Waals surface area contributed by atoms with Gasteiger partial charge in [0, 0.05) is 25.5 Å². The molecule has 22 heavy (non-hydrogen) atoms. The maximum Gasteiger partial charge on any atom is 0.357 e. The number of amides is 1. The van der Waals surface area contributed by atoms with Crippen LogP contribution >= 0.6 is 7.60 Å². The van der Waals surface area contributed by atoms with Gasteiger partial charge in [-0.25, -0.2) is 0 Å². The first-order valence-electron chi connectivity index (χ1n) is 6.81. The highest BCUT2D eigenvalue weighted by Gasteiger charge is 2.49. The van der Waals surface area contributed by atoms with Crippen LogP contribution in [0, 0.1) is 0 Å². The fourth-order valence-electron chi connectivity index (χ4n) is 2.73. The largest absolute Gasteiger partial charge is 0.357 e. The molecule has 1 aliphatic rings. The van der Waals surface area contributed by atoms with Crippen LogP contribution in [0.15, 0.2) is 54.6 Å². The van der Waals surface area contributed by atoms with E-state index in [1.807, 2.05) is 24.3 Å². The fraction of sp³-hybridized carbons (Fsp3) is 0.188. The molecule has 0 N–H and O–H groups in total. The number of nitrogens with zero attached hydrogens (tertiary/aromatic N) is 1. The van der Waals surface area contributed by atoms with Crippen LogP contribution in [0.2, 0.25) is 0 Å². The van der Waals surface area contributed by atoms with Crippen molar-refractivity contribution in [2.24, 2.45) is 0 Å². The van der Waals surface area contributed by atoms with Crippen molar-refractivity contribution < 1.29 is 18.4 Å². The molecule has 0 spiro atoms. The van der Waals surface area contributed by atoms with Crippen LogP contribution in [-0.2, 0) is 13.6 Å². The van der Waals surface area contributed by atoms with Gasteiger partial charge in [0.15, 0.2) is 5.78 Å². The summed E-state index contributed by atoms with van der Waals surface area (Å²) >= 11 is 0. The van der Waals surface area contributed by atoms with Gasteiger partial charge in [-0.15, -0.1) is 0 Å². The highest BCUT2D eigenvalue weighted by Crippen LogP contribution is 2.64. The van der Waals surface area contributed by atoms with E-state index >= 15 is 0 Å². The van der Waals surface area contributed by atoms with Crippen molar-refractivity contribution in [3.8, 4) is 0 Å². The molecule has 0 saturated heterocycles. The minimum atomic E-state index is -3.51.